The summed E-state index contributed by atoms with van der Waals surface area (Å²) in [4.78, 5) is 30.1. The van der Waals surface area contributed by atoms with Crippen LogP contribution in [0.5, 0.6) is 0 Å². The Bertz CT molecular complexity index is 586. The van der Waals surface area contributed by atoms with Crippen molar-refractivity contribution in [2.75, 3.05) is 4.90 Å². The van der Waals surface area contributed by atoms with Gasteiger partial charge in [0.05, 0.1) is 11.7 Å². The van der Waals surface area contributed by atoms with Crippen LogP contribution in [0.25, 0.3) is 0 Å². The van der Waals surface area contributed by atoms with Crippen molar-refractivity contribution in [3.63, 3.8) is 0 Å². The summed E-state index contributed by atoms with van der Waals surface area (Å²) in [6.45, 7) is 1.41. The normalized spacial score (nSPS) is 21.4. The summed E-state index contributed by atoms with van der Waals surface area (Å²) in [5.74, 6) is -0.527. The fourth-order valence-corrected chi connectivity index (χ4v) is 3.03. The second-order valence-electron chi connectivity index (χ2n) is 5.45. The Balaban J connectivity index is 2.01. The minimum Gasteiger partial charge on any atom is -0.276 e. The summed E-state index contributed by atoms with van der Waals surface area (Å²) in [5, 5.41) is 0. The van der Waals surface area contributed by atoms with Crippen molar-refractivity contribution in [3.8, 4) is 0 Å². The van der Waals surface area contributed by atoms with Crippen LogP contribution >= 0.6 is 0 Å². The van der Waals surface area contributed by atoms with E-state index in [0.717, 1.165) is 18.4 Å². The molecule has 0 atom stereocenters. The largest absolute Gasteiger partial charge is 0.283 e. The van der Waals surface area contributed by atoms with Crippen LogP contribution in [0.15, 0.2) is 29.3 Å². The number of hydrogen-bond acceptors (Lipinski definition) is 3. The van der Waals surface area contributed by atoms with E-state index in [2.05, 4.69) is 4.99 Å². The first-order chi connectivity index (χ1) is 9.68. The van der Waals surface area contributed by atoms with Crippen LogP contribution in [0.2, 0.25) is 0 Å². The highest BCUT2D eigenvalue weighted by Gasteiger charge is 2.36. The van der Waals surface area contributed by atoms with Gasteiger partial charge in [0.1, 0.15) is 5.71 Å². The van der Waals surface area contributed by atoms with Crippen LogP contribution in [-0.4, -0.2) is 23.6 Å². The quantitative estimate of drug-likeness (QED) is 0.787. The summed E-state index contributed by atoms with van der Waals surface area (Å²) in [6, 6.07) is 7.62. The predicted octanol–water partition coefficient (Wildman–Crippen LogP) is 2.70. The lowest BCUT2D eigenvalue weighted by atomic mass is 9.95. The third-order valence-electron chi connectivity index (χ3n) is 4.01. The maximum absolute atomic E-state index is 12.5. The van der Waals surface area contributed by atoms with E-state index in [9.17, 15) is 9.59 Å². The SMILES string of the molecule is CC(=O)N1C(=O)C(=NC2CCCCC2)c2ccccc21. The fourth-order valence-electron chi connectivity index (χ4n) is 3.03. The number of rotatable bonds is 1. The highest BCUT2D eigenvalue weighted by molar-refractivity contribution is 6.58. The standard InChI is InChI=1S/C16H18N2O2/c1-11(19)18-14-10-6-5-9-13(14)15(16(18)20)17-12-7-3-2-4-8-12/h5-6,9-10,12H,2-4,7-8H2,1H3. The topological polar surface area (TPSA) is 49.7 Å². The Morgan fingerprint density at radius 3 is 2.60 bits per heavy atom. The van der Waals surface area contributed by atoms with Crippen molar-refractivity contribution >= 4 is 23.2 Å². The van der Waals surface area contributed by atoms with Crippen LogP contribution in [0.4, 0.5) is 5.69 Å². The first-order valence-electron chi connectivity index (χ1n) is 7.20. The Morgan fingerprint density at radius 1 is 1.20 bits per heavy atom. The minimum atomic E-state index is -0.274. The molecular weight excluding hydrogens is 252 g/mol. The van der Waals surface area contributed by atoms with Gasteiger partial charge >= 0.3 is 0 Å². The molecule has 0 N–H and O–H groups in total. The van der Waals surface area contributed by atoms with Gasteiger partial charge in [0.2, 0.25) is 5.91 Å². The van der Waals surface area contributed by atoms with Gasteiger partial charge in [0, 0.05) is 12.5 Å². The smallest absolute Gasteiger partial charge is 0.276 e. The third-order valence-corrected chi connectivity index (χ3v) is 4.01. The van der Waals surface area contributed by atoms with E-state index in [1.54, 1.807) is 6.07 Å². The number of nitrogens with zero attached hydrogens (tertiary/aromatic N) is 2. The van der Waals surface area contributed by atoms with Gasteiger partial charge in [-0.15, -0.1) is 0 Å². The Labute approximate surface area is 118 Å². The van der Waals surface area contributed by atoms with E-state index >= 15 is 0 Å². The van der Waals surface area contributed by atoms with Crippen LogP contribution in [0.3, 0.4) is 0 Å². The molecule has 0 unspecified atom stereocenters. The van der Waals surface area contributed by atoms with E-state index in [4.69, 9.17) is 0 Å². The van der Waals surface area contributed by atoms with Gasteiger partial charge in [0.25, 0.3) is 5.91 Å². The molecule has 1 aromatic rings. The van der Waals surface area contributed by atoms with E-state index in [0.29, 0.717) is 11.4 Å². The molecule has 4 nitrogen and oxygen atoms in total. The molecule has 2 amide bonds. The number of anilines is 1. The Hall–Kier alpha value is -1.97. The maximum atomic E-state index is 12.5. The van der Waals surface area contributed by atoms with Gasteiger partial charge in [0.15, 0.2) is 0 Å². The molecule has 0 radical (unpaired) electrons. The van der Waals surface area contributed by atoms with Crippen molar-refractivity contribution in [3.05, 3.63) is 29.8 Å². The van der Waals surface area contributed by atoms with Crippen molar-refractivity contribution in [2.45, 2.75) is 45.1 Å². The van der Waals surface area contributed by atoms with Gasteiger partial charge in [-0.25, -0.2) is 4.90 Å². The lowest BCUT2D eigenvalue weighted by Gasteiger charge is -2.18. The van der Waals surface area contributed by atoms with Crippen molar-refractivity contribution < 1.29 is 9.59 Å². The number of hydrogen-bond donors (Lipinski definition) is 0. The molecule has 4 heteroatoms. The number of benzene rings is 1. The molecule has 1 aliphatic carbocycles. The highest BCUT2D eigenvalue weighted by Crippen LogP contribution is 2.31. The van der Waals surface area contributed by atoms with E-state index in [-0.39, 0.29) is 17.9 Å². The molecule has 1 fully saturated rings. The Morgan fingerprint density at radius 2 is 1.90 bits per heavy atom. The fraction of sp³-hybridized carbons (Fsp3) is 0.438. The van der Waals surface area contributed by atoms with Gasteiger partial charge in [-0.2, -0.15) is 0 Å². The zero-order valence-electron chi connectivity index (χ0n) is 11.6. The molecule has 0 aromatic heterocycles. The summed E-state index contributed by atoms with van der Waals surface area (Å²) >= 11 is 0. The molecule has 1 saturated carbocycles. The van der Waals surface area contributed by atoms with Crippen LogP contribution in [0, 0.1) is 0 Å². The summed E-state index contributed by atoms with van der Waals surface area (Å²) < 4.78 is 0. The van der Waals surface area contributed by atoms with Crippen LogP contribution in [-0.2, 0) is 9.59 Å². The summed E-state index contributed by atoms with van der Waals surface area (Å²) in [5.41, 5.74) is 1.92. The van der Waals surface area contributed by atoms with Crippen LogP contribution < -0.4 is 4.90 Å². The van der Waals surface area contributed by atoms with Crippen LogP contribution in [0.1, 0.15) is 44.6 Å². The number of aliphatic imine (C=N–C) groups is 1. The monoisotopic (exact) mass is 270 g/mol. The van der Waals surface area contributed by atoms with Gasteiger partial charge in [-0.1, -0.05) is 37.5 Å². The maximum Gasteiger partial charge on any atom is 0.283 e. The lowest BCUT2D eigenvalue weighted by molar-refractivity contribution is -0.121. The van der Waals surface area contributed by atoms with E-state index in [1.807, 2.05) is 18.2 Å². The zero-order valence-corrected chi connectivity index (χ0v) is 11.6. The number of carbonyl (C=O) groups is 2. The number of amides is 2. The van der Waals surface area contributed by atoms with Gasteiger partial charge in [-0.05, 0) is 18.9 Å². The number of carbonyl (C=O) groups excluding carboxylic acids is 2. The van der Waals surface area contributed by atoms with Crippen molar-refractivity contribution in [2.24, 2.45) is 4.99 Å². The molecule has 1 aromatic carbocycles. The molecule has 1 heterocycles. The molecule has 3 rings (SSSR count). The number of para-hydroxylation sites is 1. The van der Waals surface area contributed by atoms with Crippen molar-refractivity contribution in [1.29, 1.82) is 0 Å². The van der Waals surface area contributed by atoms with Gasteiger partial charge < -0.3 is 0 Å². The average molecular weight is 270 g/mol. The minimum absolute atomic E-state index is 0.225. The number of imide groups is 1. The first kappa shape index (κ1) is 13.0. The number of fused-ring (bicyclic) bond motifs is 1. The highest BCUT2D eigenvalue weighted by atomic mass is 16.2. The Kier molecular flexibility index (Phi) is 3.38. The molecule has 0 saturated heterocycles. The molecule has 104 valence electrons. The summed E-state index contributed by atoms with van der Waals surface area (Å²) in [7, 11) is 0. The molecular formula is C16H18N2O2. The van der Waals surface area contributed by atoms with Gasteiger partial charge in [-0.3, -0.25) is 14.6 Å². The molecule has 0 bridgehead atoms. The third kappa shape index (κ3) is 2.15. The molecule has 0 spiro atoms. The van der Waals surface area contributed by atoms with Crippen molar-refractivity contribution in [1.82, 2.24) is 0 Å². The first-order valence-corrected chi connectivity index (χ1v) is 7.20. The predicted molar refractivity (Wildman–Crippen MR) is 78.0 cm³/mol. The molecule has 2 aliphatic rings. The molecule has 1 aliphatic heterocycles. The van der Waals surface area contributed by atoms with E-state index in [1.165, 1.54) is 31.1 Å². The second kappa shape index (κ2) is 5.19. The van der Waals surface area contributed by atoms with E-state index < -0.39 is 0 Å². The second-order valence-corrected chi connectivity index (χ2v) is 5.45. The lowest BCUT2D eigenvalue weighted by Crippen LogP contribution is -2.34. The molecule has 20 heavy (non-hydrogen) atoms. The average Bonchev–Trinajstić information content (AvgIpc) is 2.73. The summed E-state index contributed by atoms with van der Waals surface area (Å²) in [6.07, 6.45) is 5.69. The zero-order chi connectivity index (χ0) is 14.1.